The number of ether oxygens (including phenoxy) is 1. The van der Waals surface area contributed by atoms with E-state index < -0.39 is 0 Å². The highest BCUT2D eigenvalue weighted by atomic mass is 32.1. The number of nitrogens with zero attached hydrogens (tertiary/aromatic N) is 1. The largest absolute Gasteiger partial charge is 0.493 e. The van der Waals surface area contributed by atoms with E-state index in [1.165, 1.54) is 16.9 Å². The summed E-state index contributed by atoms with van der Waals surface area (Å²) in [7, 11) is 0. The Morgan fingerprint density at radius 3 is 3.31 bits per heavy atom. The molecule has 0 radical (unpaired) electrons. The lowest BCUT2D eigenvalue weighted by Gasteiger charge is -1.96. The smallest absolute Gasteiger partial charge is 0.181 e. The third-order valence-corrected chi connectivity index (χ3v) is 3.10. The van der Waals surface area contributed by atoms with E-state index in [0.29, 0.717) is 5.13 Å². The molecule has 0 amide bonds. The first-order valence-corrected chi connectivity index (χ1v) is 4.97. The van der Waals surface area contributed by atoms with E-state index in [1.807, 2.05) is 12.1 Å². The molecule has 0 bridgehead atoms. The summed E-state index contributed by atoms with van der Waals surface area (Å²) < 4.78 is 6.59. The quantitative estimate of drug-likeness (QED) is 0.692. The fourth-order valence-corrected chi connectivity index (χ4v) is 2.45. The number of hydrogen-bond acceptors (Lipinski definition) is 4. The van der Waals surface area contributed by atoms with E-state index in [0.717, 1.165) is 29.0 Å². The number of nitrogens with two attached hydrogens (primary N) is 1. The molecule has 0 saturated heterocycles. The second-order valence-corrected chi connectivity index (χ2v) is 4.10. The van der Waals surface area contributed by atoms with Gasteiger partial charge in [0, 0.05) is 12.0 Å². The van der Waals surface area contributed by atoms with Crippen molar-refractivity contribution >= 4 is 26.7 Å². The van der Waals surface area contributed by atoms with Crippen molar-refractivity contribution in [2.24, 2.45) is 0 Å². The number of anilines is 1. The van der Waals surface area contributed by atoms with Crippen LogP contribution in [-0.4, -0.2) is 11.6 Å². The van der Waals surface area contributed by atoms with Crippen LogP contribution in [0.25, 0.3) is 10.2 Å². The zero-order valence-corrected chi connectivity index (χ0v) is 7.73. The van der Waals surface area contributed by atoms with Crippen molar-refractivity contribution < 1.29 is 4.74 Å². The average Bonchev–Trinajstić information content (AvgIpc) is 2.65. The van der Waals surface area contributed by atoms with Crippen molar-refractivity contribution in [3.05, 3.63) is 17.7 Å². The fraction of sp³-hybridized carbons (Fsp3) is 0.222. The minimum Gasteiger partial charge on any atom is -0.493 e. The molecule has 0 unspecified atom stereocenters. The number of hydrogen-bond donors (Lipinski definition) is 1. The molecule has 0 fully saturated rings. The summed E-state index contributed by atoms with van der Waals surface area (Å²) in [6.07, 6.45) is 0.954. The highest BCUT2D eigenvalue weighted by Crippen LogP contribution is 2.35. The lowest BCUT2D eigenvalue weighted by atomic mass is 10.1. The van der Waals surface area contributed by atoms with Crippen LogP contribution in [0.5, 0.6) is 5.75 Å². The first-order valence-electron chi connectivity index (χ1n) is 4.15. The monoisotopic (exact) mass is 192 g/mol. The molecule has 1 aromatic heterocycles. The summed E-state index contributed by atoms with van der Waals surface area (Å²) in [5.74, 6) is 0.970. The van der Waals surface area contributed by atoms with Crippen molar-refractivity contribution in [3.63, 3.8) is 0 Å². The van der Waals surface area contributed by atoms with Gasteiger partial charge in [-0.1, -0.05) is 11.3 Å². The molecule has 2 heterocycles. The molecule has 13 heavy (non-hydrogen) atoms. The summed E-state index contributed by atoms with van der Waals surface area (Å²) >= 11 is 1.53. The van der Waals surface area contributed by atoms with Gasteiger partial charge in [0.2, 0.25) is 0 Å². The molecule has 0 atom stereocenters. The molecule has 0 spiro atoms. The maximum atomic E-state index is 5.65. The van der Waals surface area contributed by atoms with Crippen molar-refractivity contribution in [3.8, 4) is 5.75 Å². The first-order chi connectivity index (χ1) is 6.34. The molecule has 0 saturated carbocycles. The van der Waals surface area contributed by atoms with E-state index >= 15 is 0 Å². The van der Waals surface area contributed by atoms with Crippen LogP contribution >= 0.6 is 11.3 Å². The van der Waals surface area contributed by atoms with Crippen LogP contribution in [0.3, 0.4) is 0 Å². The molecule has 0 aliphatic carbocycles. The lowest BCUT2D eigenvalue weighted by Crippen LogP contribution is -1.86. The van der Waals surface area contributed by atoms with Gasteiger partial charge in [0.05, 0.1) is 16.8 Å². The predicted octanol–water partition coefficient (Wildman–Crippen LogP) is 1.81. The molecule has 1 aromatic carbocycles. The minimum absolute atomic E-state index is 0.635. The van der Waals surface area contributed by atoms with Gasteiger partial charge in [-0.15, -0.1) is 0 Å². The van der Waals surface area contributed by atoms with Crippen LogP contribution in [0.1, 0.15) is 5.56 Å². The molecular weight excluding hydrogens is 184 g/mol. The Hall–Kier alpha value is -1.29. The Labute approximate surface area is 79.2 Å². The van der Waals surface area contributed by atoms with E-state index in [2.05, 4.69) is 4.98 Å². The van der Waals surface area contributed by atoms with Crippen LogP contribution < -0.4 is 10.5 Å². The van der Waals surface area contributed by atoms with Crippen LogP contribution in [-0.2, 0) is 6.42 Å². The number of rotatable bonds is 0. The lowest BCUT2D eigenvalue weighted by molar-refractivity contribution is 0.357. The molecule has 2 N–H and O–H groups in total. The fourth-order valence-electron chi connectivity index (χ4n) is 1.69. The second-order valence-electron chi connectivity index (χ2n) is 3.04. The molecule has 1 aliphatic heterocycles. The van der Waals surface area contributed by atoms with E-state index in [1.54, 1.807) is 0 Å². The normalized spacial score (nSPS) is 14.5. The number of benzene rings is 1. The summed E-state index contributed by atoms with van der Waals surface area (Å²) in [5, 5.41) is 0.635. The Balaban J connectivity index is 2.42. The molecule has 66 valence electrons. The van der Waals surface area contributed by atoms with Crippen molar-refractivity contribution in [2.45, 2.75) is 6.42 Å². The maximum absolute atomic E-state index is 5.65. The number of thiazole rings is 1. The van der Waals surface area contributed by atoms with E-state index in [9.17, 15) is 0 Å². The van der Waals surface area contributed by atoms with Crippen LogP contribution in [0.15, 0.2) is 12.1 Å². The van der Waals surface area contributed by atoms with Gasteiger partial charge in [-0.2, -0.15) is 0 Å². The van der Waals surface area contributed by atoms with Gasteiger partial charge in [-0.25, -0.2) is 4.98 Å². The van der Waals surface area contributed by atoms with E-state index in [4.69, 9.17) is 10.5 Å². The summed E-state index contributed by atoms with van der Waals surface area (Å²) in [5.41, 5.74) is 7.89. The summed E-state index contributed by atoms with van der Waals surface area (Å²) in [4.78, 5) is 4.30. The Bertz CT molecular complexity index is 478. The van der Waals surface area contributed by atoms with Gasteiger partial charge in [0.25, 0.3) is 0 Å². The Morgan fingerprint density at radius 2 is 2.38 bits per heavy atom. The highest BCUT2D eigenvalue weighted by molar-refractivity contribution is 7.22. The number of nitrogen functional groups attached to an aromatic ring is 1. The Kier molecular flexibility index (Phi) is 1.29. The van der Waals surface area contributed by atoms with Gasteiger partial charge < -0.3 is 10.5 Å². The first kappa shape index (κ1) is 7.15. The predicted molar refractivity (Wildman–Crippen MR) is 53.2 cm³/mol. The third kappa shape index (κ3) is 0.920. The Morgan fingerprint density at radius 1 is 1.46 bits per heavy atom. The SMILES string of the molecule is Nc1nc2c3c(ccc2s1)OCC3. The minimum atomic E-state index is 0.635. The molecule has 4 heteroatoms. The summed E-state index contributed by atoms with van der Waals surface area (Å²) in [6, 6.07) is 4.02. The van der Waals surface area contributed by atoms with Gasteiger partial charge >= 0.3 is 0 Å². The zero-order chi connectivity index (χ0) is 8.84. The molecule has 3 nitrogen and oxygen atoms in total. The summed E-state index contributed by atoms with van der Waals surface area (Å²) in [6.45, 7) is 0.770. The highest BCUT2D eigenvalue weighted by Gasteiger charge is 2.17. The topological polar surface area (TPSA) is 48.1 Å². The van der Waals surface area contributed by atoms with Gasteiger partial charge in [-0.3, -0.25) is 0 Å². The maximum Gasteiger partial charge on any atom is 0.181 e. The molecule has 2 aromatic rings. The van der Waals surface area contributed by atoms with Crippen molar-refractivity contribution in [2.75, 3.05) is 12.3 Å². The van der Waals surface area contributed by atoms with Crippen LogP contribution in [0, 0.1) is 0 Å². The van der Waals surface area contributed by atoms with Gasteiger partial charge in [0.15, 0.2) is 5.13 Å². The van der Waals surface area contributed by atoms with Crippen molar-refractivity contribution in [1.82, 2.24) is 4.98 Å². The van der Waals surface area contributed by atoms with Gasteiger partial charge in [0.1, 0.15) is 5.75 Å². The number of fused-ring (bicyclic) bond motifs is 3. The van der Waals surface area contributed by atoms with Crippen LogP contribution in [0.2, 0.25) is 0 Å². The van der Waals surface area contributed by atoms with Crippen molar-refractivity contribution in [1.29, 1.82) is 0 Å². The zero-order valence-electron chi connectivity index (χ0n) is 6.91. The van der Waals surface area contributed by atoms with Crippen LogP contribution in [0.4, 0.5) is 5.13 Å². The van der Waals surface area contributed by atoms with Gasteiger partial charge in [-0.05, 0) is 12.1 Å². The standard InChI is InChI=1S/C9H8N2OS/c10-9-11-8-5-3-4-12-6(5)1-2-7(8)13-9/h1-2H,3-4H2,(H2,10,11). The molecule has 3 rings (SSSR count). The van der Waals surface area contributed by atoms with E-state index in [-0.39, 0.29) is 0 Å². The molecule has 1 aliphatic rings. The molecular formula is C9H8N2OS. The number of aromatic nitrogens is 1. The third-order valence-electron chi connectivity index (χ3n) is 2.25. The second kappa shape index (κ2) is 2.35. The average molecular weight is 192 g/mol.